The molecule has 1 fully saturated rings. The van der Waals surface area contributed by atoms with Crippen LogP contribution in [-0.4, -0.2) is 38.0 Å². The van der Waals surface area contributed by atoms with Crippen molar-refractivity contribution >= 4 is 11.4 Å². The summed E-state index contributed by atoms with van der Waals surface area (Å²) in [6.45, 7) is 3.62. The molecule has 1 heterocycles. The first-order valence-corrected chi connectivity index (χ1v) is 6.78. The first kappa shape index (κ1) is 14.1. The van der Waals surface area contributed by atoms with E-state index in [0.29, 0.717) is 11.5 Å². The molecule has 2 atom stereocenters. The summed E-state index contributed by atoms with van der Waals surface area (Å²) >= 11 is 0. The van der Waals surface area contributed by atoms with Gasteiger partial charge in [-0.3, -0.25) is 4.79 Å². The Morgan fingerprint density at radius 2 is 1.71 bits per heavy atom. The highest BCUT2D eigenvalue weighted by atomic mass is 16.8. The standard InChI is InChI=1S/C16H18O5/c1-16(2)20-14-10(8-11(17)15(14)21-16)9-5-6-12(18-3)13(7-9)19-4/h5-8,14-15H,1-4H3/t14-,15+/m1/s1. The molecular formula is C16H18O5. The summed E-state index contributed by atoms with van der Waals surface area (Å²) in [6.07, 6.45) is 0.667. The van der Waals surface area contributed by atoms with Gasteiger partial charge in [-0.25, -0.2) is 0 Å². The molecule has 5 nitrogen and oxygen atoms in total. The molecule has 1 aliphatic heterocycles. The lowest BCUT2D eigenvalue weighted by atomic mass is 10.0. The maximum absolute atomic E-state index is 12.1. The van der Waals surface area contributed by atoms with Crippen molar-refractivity contribution in [2.24, 2.45) is 0 Å². The van der Waals surface area contributed by atoms with Crippen LogP contribution in [0.15, 0.2) is 24.3 Å². The van der Waals surface area contributed by atoms with Crippen molar-refractivity contribution in [1.82, 2.24) is 0 Å². The van der Waals surface area contributed by atoms with Crippen molar-refractivity contribution in [1.29, 1.82) is 0 Å². The maximum Gasteiger partial charge on any atom is 0.187 e. The van der Waals surface area contributed by atoms with Gasteiger partial charge in [-0.1, -0.05) is 6.07 Å². The number of carbonyl (C=O) groups excluding carboxylic acids is 1. The highest BCUT2D eigenvalue weighted by molar-refractivity contribution is 6.07. The summed E-state index contributed by atoms with van der Waals surface area (Å²) < 4.78 is 22.0. The van der Waals surface area contributed by atoms with Gasteiger partial charge in [-0.05, 0) is 43.2 Å². The molecule has 0 spiro atoms. The van der Waals surface area contributed by atoms with Crippen LogP contribution in [0.25, 0.3) is 5.57 Å². The lowest BCUT2D eigenvalue weighted by Crippen LogP contribution is -2.25. The zero-order chi connectivity index (χ0) is 15.2. The zero-order valence-corrected chi connectivity index (χ0v) is 12.5. The molecule has 0 unspecified atom stereocenters. The summed E-state index contributed by atoms with van der Waals surface area (Å²) in [6, 6.07) is 5.54. The Hall–Kier alpha value is -1.85. The highest BCUT2D eigenvalue weighted by Gasteiger charge is 2.50. The van der Waals surface area contributed by atoms with Gasteiger partial charge in [-0.2, -0.15) is 0 Å². The predicted molar refractivity (Wildman–Crippen MR) is 76.4 cm³/mol. The van der Waals surface area contributed by atoms with Crippen LogP contribution in [0, 0.1) is 0 Å². The van der Waals surface area contributed by atoms with Crippen LogP contribution in [-0.2, 0) is 14.3 Å². The Morgan fingerprint density at radius 1 is 1.05 bits per heavy atom. The molecule has 0 saturated carbocycles. The average molecular weight is 290 g/mol. The van der Waals surface area contributed by atoms with E-state index < -0.39 is 11.9 Å². The van der Waals surface area contributed by atoms with Crippen LogP contribution in [0.1, 0.15) is 19.4 Å². The number of carbonyl (C=O) groups is 1. The van der Waals surface area contributed by atoms with Gasteiger partial charge in [0, 0.05) is 0 Å². The van der Waals surface area contributed by atoms with Crippen LogP contribution in [0.2, 0.25) is 0 Å². The fraction of sp³-hybridized carbons (Fsp3) is 0.438. The van der Waals surface area contributed by atoms with E-state index in [0.717, 1.165) is 11.1 Å². The largest absolute Gasteiger partial charge is 0.493 e. The predicted octanol–water partition coefficient (Wildman–Crippen LogP) is 2.19. The molecule has 0 amide bonds. The van der Waals surface area contributed by atoms with Crippen LogP contribution in [0.4, 0.5) is 0 Å². The second-order valence-electron chi connectivity index (χ2n) is 5.55. The molecule has 2 aliphatic rings. The molecule has 112 valence electrons. The molecule has 1 aliphatic carbocycles. The van der Waals surface area contributed by atoms with Gasteiger partial charge in [-0.15, -0.1) is 0 Å². The van der Waals surface area contributed by atoms with Gasteiger partial charge in [0.25, 0.3) is 0 Å². The van der Waals surface area contributed by atoms with E-state index in [2.05, 4.69) is 0 Å². The molecule has 0 radical (unpaired) electrons. The molecule has 0 N–H and O–H groups in total. The van der Waals surface area contributed by atoms with Gasteiger partial charge in [0.05, 0.1) is 14.2 Å². The summed E-state index contributed by atoms with van der Waals surface area (Å²) in [7, 11) is 3.17. The number of ether oxygens (including phenoxy) is 4. The minimum Gasteiger partial charge on any atom is -0.493 e. The first-order chi connectivity index (χ1) is 9.95. The Bertz CT molecular complexity index is 617. The molecule has 5 heteroatoms. The Labute approximate surface area is 123 Å². The van der Waals surface area contributed by atoms with E-state index in [9.17, 15) is 4.79 Å². The molecule has 21 heavy (non-hydrogen) atoms. The zero-order valence-electron chi connectivity index (χ0n) is 12.5. The van der Waals surface area contributed by atoms with Crippen molar-refractivity contribution in [3.05, 3.63) is 29.8 Å². The Morgan fingerprint density at radius 3 is 2.38 bits per heavy atom. The minimum absolute atomic E-state index is 0.0599. The number of ketones is 1. The van der Waals surface area contributed by atoms with Gasteiger partial charge in [0.1, 0.15) is 6.10 Å². The van der Waals surface area contributed by atoms with Crippen molar-refractivity contribution in [2.45, 2.75) is 31.8 Å². The Kier molecular flexibility index (Phi) is 3.26. The van der Waals surface area contributed by atoms with Crippen LogP contribution < -0.4 is 9.47 Å². The van der Waals surface area contributed by atoms with Crippen LogP contribution in [0.5, 0.6) is 11.5 Å². The summed E-state index contributed by atoms with van der Waals surface area (Å²) in [5.41, 5.74) is 1.69. The van der Waals surface area contributed by atoms with E-state index in [1.54, 1.807) is 20.3 Å². The third-order valence-corrected chi connectivity index (χ3v) is 3.70. The van der Waals surface area contributed by atoms with Gasteiger partial charge in [0.15, 0.2) is 29.2 Å². The van der Waals surface area contributed by atoms with E-state index >= 15 is 0 Å². The fourth-order valence-electron chi connectivity index (χ4n) is 2.78. The topological polar surface area (TPSA) is 54.0 Å². The van der Waals surface area contributed by atoms with Crippen LogP contribution in [0.3, 0.4) is 0 Å². The number of fused-ring (bicyclic) bond motifs is 1. The smallest absolute Gasteiger partial charge is 0.187 e. The second-order valence-corrected chi connectivity index (χ2v) is 5.55. The molecular weight excluding hydrogens is 272 g/mol. The highest BCUT2D eigenvalue weighted by Crippen LogP contribution is 2.42. The molecule has 0 bridgehead atoms. The molecule has 3 rings (SSSR count). The summed E-state index contributed by atoms with van der Waals surface area (Å²) in [4.78, 5) is 12.1. The average Bonchev–Trinajstić information content (AvgIpc) is 2.92. The summed E-state index contributed by atoms with van der Waals surface area (Å²) in [5.74, 6) is 0.452. The fourth-order valence-corrected chi connectivity index (χ4v) is 2.78. The van der Waals surface area contributed by atoms with Crippen molar-refractivity contribution in [3.63, 3.8) is 0 Å². The molecule has 1 saturated heterocycles. The van der Waals surface area contributed by atoms with Crippen molar-refractivity contribution in [2.75, 3.05) is 14.2 Å². The molecule has 1 aromatic rings. The lowest BCUT2D eigenvalue weighted by Gasteiger charge is -2.18. The van der Waals surface area contributed by atoms with Crippen LogP contribution >= 0.6 is 0 Å². The normalized spacial score (nSPS) is 26.5. The summed E-state index contributed by atoms with van der Waals surface area (Å²) in [5, 5.41) is 0. The van der Waals surface area contributed by atoms with Crippen molar-refractivity contribution < 1.29 is 23.7 Å². The lowest BCUT2D eigenvalue weighted by molar-refractivity contribution is -0.151. The van der Waals surface area contributed by atoms with E-state index in [-0.39, 0.29) is 11.9 Å². The third-order valence-electron chi connectivity index (χ3n) is 3.70. The second kappa shape index (κ2) is 4.86. The first-order valence-electron chi connectivity index (χ1n) is 6.78. The maximum atomic E-state index is 12.1. The van der Waals surface area contributed by atoms with E-state index in [4.69, 9.17) is 18.9 Å². The van der Waals surface area contributed by atoms with Gasteiger partial charge < -0.3 is 18.9 Å². The number of benzene rings is 1. The monoisotopic (exact) mass is 290 g/mol. The number of methoxy groups -OCH3 is 2. The SMILES string of the molecule is COc1ccc(C2=CC(=O)[C@@H]3OC(C)(C)O[C@H]23)cc1OC. The third kappa shape index (κ3) is 2.32. The number of hydrogen-bond acceptors (Lipinski definition) is 5. The van der Waals surface area contributed by atoms with Gasteiger partial charge >= 0.3 is 0 Å². The minimum atomic E-state index is -0.749. The number of rotatable bonds is 3. The Balaban J connectivity index is 1.97. The van der Waals surface area contributed by atoms with Gasteiger partial charge in [0.2, 0.25) is 0 Å². The van der Waals surface area contributed by atoms with E-state index in [1.807, 2.05) is 32.0 Å². The molecule has 1 aromatic carbocycles. The quantitative estimate of drug-likeness (QED) is 0.854. The van der Waals surface area contributed by atoms with E-state index in [1.165, 1.54) is 0 Å². The van der Waals surface area contributed by atoms with Crippen molar-refractivity contribution in [3.8, 4) is 11.5 Å². The number of hydrogen-bond donors (Lipinski definition) is 0. The molecule has 0 aromatic heterocycles.